The van der Waals surface area contributed by atoms with E-state index in [0.717, 1.165) is 0 Å². The maximum absolute atomic E-state index is 13.5. The van der Waals surface area contributed by atoms with Crippen LogP contribution in [0.5, 0.6) is 0 Å². The molecule has 0 aromatic heterocycles. The van der Waals surface area contributed by atoms with Gasteiger partial charge < -0.3 is 18.9 Å². The molecule has 0 radical (unpaired) electrons. The van der Waals surface area contributed by atoms with Crippen molar-refractivity contribution in [2.45, 2.75) is 30.5 Å². The van der Waals surface area contributed by atoms with Gasteiger partial charge in [-0.3, -0.25) is 0 Å². The minimum absolute atomic E-state index is 0.0979. The van der Waals surface area contributed by atoms with Crippen molar-refractivity contribution in [3.05, 3.63) is 144 Å². The van der Waals surface area contributed by atoms with Gasteiger partial charge in [0.1, 0.15) is 18.8 Å². The smallest absolute Gasteiger partial charge is 0.400 e. The minimum Gasteiger partial charge on any atom is -0.462 e. The van der Waals surface area contributed by atoms with Gasteiger partial charge in [-0.05, 0) is 48.5 Å². The summed E-state index contributed by atoms with van der Waals surface area (Å²) in [5.74, 6) is -4.75. The lowest BCUT2D eigenvalue weighted by Crippen LogP contribution is -2.64. The van der Waals surface area contributed by atoms with Gasteiger partial charge in [-0.25, -0.2) is 27.5 Å². The van der Waals surface area contributed by atoms with E-state index in [0.29, 0.717) is 0 Å². The molecule has 13 heteroatoms. The molecule has 0 amide bonds. The normalized spacial score (nSPS) is 24.0. The Morgan fingerprint density at radius 3 is 1.27 bits per heavy atom. The molecule has 1 heterocycles. The number of benzene rings is 4. The van der Waals surface area contributed by atoms with Crippen LogP contribution in [-0.2, 0) is 37.7 Å². The van der Waals surface area contributed by atoms with Crippen LogP contribution in [0.15, 0.2) is 121 Å². The maximum atomic E-state index is 13.5. The van der Waals surface area contributed by atoms with E-state index >= 15 is 0 Å². The van der Waals surface area contributed by atoms with Crippen LogP contribution < -0.4 is 0 Å². The second kappa shape index (κ2) is 14.2. The standard InChI is InChI=1S/C35H28O12S/c36-32(22-13-5-1-6-14-22)42-21-26-27(43-33(37)23-15-7-2-8-16-23)29(44-34(38)24-17-9-3-10-18-24)30(31-28(26)46-48(40,41)47-31)45-35(39)25-19-11-4-12-20-25/h1-20,26-31H,21H2/t26-,27+,28+,29+,30-,31+/m1/s1. The first-order valence-corrected chi connectivity index (χ1v) is 16.2. The van der Waals surface area contributed by atoms with Gasteiger partial charge in [0.15, 0.2) is 18.3 Å². The van der Waals surface area contributed by atoms with Gasteiger partial charge in [0.25, 0.3) is 0 Å². The molecule has 6 atom stereocenters. The quantitative estimate of drug-likeness (QED) is 0.185. The topological polar surface area (TPSA) is 158 Å². The zero-order chi connectivity index (χ0) is 33.7. The second-order valence-electron chi connectivity index (χ2n) is 10.9. The summed E-state index contributed by atoms with van der Waals surface area (Å²) in [4.78, 5) is 53.4. The molecule has 246 valence electrons. The molecule has 0 unspecified atom stereocenters. The third kappa shape index (κ3) is 7.28. The van der Waals surface area contributed by atoms with Crippen molar-refractivity contribution < 1.29 is 54.9 Å². The van der Waals surface area contributed by atoms with E-state index in [1.807, 2.05) is 0 Å². The Morgan fingerprint density at radius 2 is 0.833 bits per heavy atom. The molecule has 1 saturated carbocycles. The fraction of sp³-hybridized carbons (Fsp3) is 0.200. The van der Waals surface area contributed by atoms with Gasteiger partial charge >= 0.3 is 34.3 Å². The van der Waals surface area contributed by atoms with Crippen LogP contribution in [-0.4, -0.2) is 69.4 Å². The van der Waals surface area contributed by atoms with Gasteiger partial charge in [-0.1, -0.05) is 72.8 Å². The van der Waals surface area contributed by atoms with Crippen molar-refractivity contribution in [1.82, 2.24) is 0 Å². The van der Waals surface area contributed by atoms with Crippen molar-refractivity contribution >= 4 is 34.3 Å². The lowest BCUT2D eigenvalue weighted by molar-refractivity contribution is -0.181. The SMILES string of the molecule is O=C(OC[C@@H]1[C@H](OC(=O)c2ccccc2)[C@H](OC(=O)c2ccccc2)[C@@H](OC(=O)c2ccccc2)[C@H]2OS(=O)(=O)O[C@@H]12)c1ccccc1. The molecule has 2 fully saturated rings. The van der Waals surface area contributed by atoms with Gasteiger partial charge in [0.05, 0.1) is 28.2 Å². The van der Waals surface area contributed by atoms with Gasteiger partial charge in [-0.2, -0.15) is 8.42 Å². The number of ether oxygens (including phenoxy) is 4. The number of hydrogen-bond acceptors (Lipinski definition) is 12. The predicted octanol–water partition coefficient (Wildman–Crippen LogP) is 4.18. The first-order chi connectivity index (χ1) is 23.2. The van der Waals surface area contributed by atoms with Crippen LogP contribution in [0.3, 0.4) is 0 Å². The van der Waals surface area contributed by atoms with Gasteiger partial charge in [0.2, 0.25) is 0 Å². The average Bonchev–Trinajstić information content (AvgIpc) is 3.45. The molecule has 0 bridgehead atoms. The van der Waals surface area contributed by atoms with Crippen molar-refractivity contribution in [3.63, 3.8) is 0 Å². The van der Waals surface area contributed by atoms with Gasteiger partial charge in [-0.15, -0.1) is 0 Å². The molecule has 12 nitrogen and oxygen atoms in total. The van der Waals surface area contributed by atoms with E-state index in [1.54, 1.807) is 72.8 Å². The summed E-state index contributed by atoms with van der Waals surface area (Å²) in [6.45, 7) is -0.570. The summed E-state index contributed by atoms with van der Waals surface area (Å²) in [7, 11) is -4.71. The summed E-state index contributed by atoms with van der Waals surface area (Å²) in [6, 6.07) is 31.5. The number of hydrogen-bond donors (Lipinski definition) is 0. The molecule has 48 heavy (non-hydrogen) atoms. The van der Waals surface area contributed by atoms with Crippen LogP contribution in [0.25, 0.3) is 0 Å². The van der Waals surface area contributed by atoms with Crippen LogP contribution in [0.1, 0.15) is 41.4 Å². The fourth-order valence-corrected chi connectivity index (χ4v) is 6.57. The lowest BCUT2D eigenvalue weighted by Gasteiger charge is -2.44. The number of carbonyl (C=O) groups is 4. The molecule has 1 aliphatic carbocycles. The van der Waals surface area contributed by atoms with Crippen LogP contribution in [0, 0.1) is 5.92 Å². The molecular formula is C35H28O12S. The fourth-order valence-electron chi connectivity index (χ4n) is 5.51. The molecule has 0 N–H and O–H groups in total. The lowest BCUT2D eigenvalue weighted by atomic mass is 9.78. The minimum atomic E-state index is -4.71. The summed E-state index contributed by atoms with van der Waals surface area (Å²) >= 11 is 0. The van der Waals surface area contributed by atoms with Crippen molar-refractivity contribution in [2.75, 3.05) is 6.61 Å². The van der Waals surface area contributed by atoms with Crippen LogP contribution >= 0.6 is 0 Å². The Hall–Kier alpha value is -5.37. The molecule has 6 rings (SSSR count). The number of fused-ring (bicyclic) bond motifs is 1. The number of rotatable bonds is 9. The average molecular weight is 673 g/mol. The van der Waals surface area contributed by atoms with E-state index in [4.69, 9.17) is 27.3 Å². The largest absolute Gasteiger partial charge is 0.462 e. The Bertz CT molecular complexity index is 1870. The third-order valence-corrected chi connectivity index (χ3v) is 8.69. The predicted molar refractivity (Wildman–Crippen MR) is 166 cm³/mol. The highest BCUT2D eigenvalue weighted by molar-refractivity contribution is 7.82. The Morgan fingerprint density at radius 1 is 0.479 bits per heavy atom. The highest BCUT2D eigenvalue weighted by atomic mass is 32.3. The summed E-state index contributed by atoms with van der Waals surface area (Å²) in [5, 5.41) is 0. The van der Waals surface area contributed by atoms with E-state index in [-0.39, 0.29) is 22.3 Å². The van der Waals surface area contributed by atoms with E-state index in [1.165, 1.54) is 48.5 Å². The molecule has 1 saturated heterocycles. The third-order valence-electron chi connectivity index (χ3n) is 7.77. The van der Waals surface area contributed by atoms with Crippen LogP contribution in [0.2, 0.25) is 0 Å². The van der Waals surface area contributed by atoms with Crippen molar-refractivity contribution in [2.24, 2.45) is 5.92 Å². The van der Waals surface area contributed by atoms with E-state index < -0.39 is 77.3 Å². The molecule has 4 aromatic rings. The Kier molecular flexibility index (Phi) is 9.62. The van der Waals surface area contributed by atoms with Crippen molar-refractivity contribution in [1.29, 1.82) is 0 Å². The zero-order valence-corrected chi connectivity index (χ0v) is 25.8. The monoisotopic (exact) mass is 672 g/mol. The highest BCUT2D eigenvalue weighted by Crippen LogP contribution is 2.42. The van der Waals surface area contributed by atoms with E-state index in [9.17, 15) is 27.6 Å². The van der Waals surface area contributed by atoms with Gasteiger partial charge in [0, 0.05) is 0 Å². The van der Waals surface area contributed by atoms with E-state index in [2.05, 4.69) is 0 Å². The maximum Gasteiger partial charge on any atom is 0.400 e. The second-order valence-corrected chi connectivity index (χ2v) is 12.1. The Balaban J connectivity index is 1.42. The summed E-state index contributed by atoms with van der Waals surface area (Å²) < 4.78 is 59.4. The molecule has 4 aromatic carbocycles. The first kappa shape index (κ1) is 32.6. The highest BCUT2D eigenvalue weighted by Gasteiger charge is 2.63. The summed E-state index contributed by atoms with van der Waals surface area (Å²) in [5.41, 5.74) is 0.507. The zero-order valence-electron chi connectivity index (χ0n) is 25.0. The van der Waals surface area contributed by atoms with Crippen LogP contribution in [0.4, 0.5) is 0 Å². The molecule has 2 aliphatic rings. The number of esters is 4. The first-order valence-electron chi connectivity index (χ1n) is 14.8. The van der Waals surface area contributed by atoms with Crippen molar-refractivity contribution in [3.8, 4) is 0 Å². The number of carbonyl (C=O) groups excluding carboxylic acids is 4. The molecular weight excluding hydrogens is 644 g/mol. The molecule has 1 aliphatic heterocycles. The molecule has 0 spiro atoms. The summed E-state index contributed by atoms with van der Waals surface area (Å²) in [6.07, 6.45) is -8.03. The Labute approximate surface area is 275 Å².